The van der Waals surface area contributed by atoms with E-state index >= 15 is 0 Å². The van der Waals surface area contributed by atoms with Crippen molar-refractivity contribution in [1.29, 1.82) is 0 Å². The lowest BCUT2D eigenvalue weighted by Gasteiger charge is -2.17. The Balaban J connectivity index is 2.12. The van der Waals surface area contributed by atoms with Crippen LogP contribution >= 0.6 is 0 Å². The van der Waals surface area contributed by atoms with Crippen LogP contribution in [0, 0.1) is 6.92 Å². The Hall–Kier alpha value is -3.24. The van der Waals surface area contributed by atoms with Crippen molar-refractivity contribution in [3.8, 4) is 11.1 Å². The Bertz CT molecular complexity index is 1200. The molecule has 0 aliphatic carbocycles. The summed E-state index contributed by atoms with van der Waals surface area (Å²) >= 11 is 0. The van der Waals surface area contributed by atoms with E-state index < -0.39 is 5.97 Å². The highest BCUT2D eigenvalue weighted by Gasteiger charge is 2.18. The molecule has 140 valence electrons. The number of aliphatic hydroxyl groups excluding tert-OH is 1. The van der Waals surface area contributed by atoms with Gasteiger partial charge in [0.2, 0.25) is 0 Å². The zero-order valence-electron chi connectivity index (χ0n) is 15.6. The molecule has 1 aromatic heterocycles. The van der Waals surface area contributed by atoms with Gasteiger partial charge in [0.05, 0.1) is 11.9 Å². The van der Waals surface area contributed by atoms with Crippen molar-refractivity contribution in [2.45, 2.75) is 19.8 Å². The van der Waals surface area contributed by atoms with Crippen molar-refractivity contribution in [1.82, 2.24) is 4.98 Å². The summed E-state index contributed by atoms with van der Waals surface area (Å²) in [6, 6.07) is 18.0. The summed E-state index contributed by atoms with van der Waals surface area (Å²) in [6.45, 7) is 2.03. The van der Waals surface area contributed by atoms with E-state index in [1.807, 2.05) is 61.5 Å². The first kappa shape index (κ1) is 18.1. The van der Waals surface area contributed by atoms with Gasteiger partial charge in [-0.25, -0.2) is 0 Å². The van der Waals surface area contributed by atoms with Gasteiger partial charge in [-0.3, -0.25) is 9.78 Å². The van der Waals surface area contributed by atoms with Crippen LogP contribution in [0.15, 0.2) is 60.8 Å². The maximum absolute atomic E-state index is 11.6. The molecule has 0 aliphatic rings. The van der Waals surface area contributed by atoms with Crippen LogP contribution in [0.5, 0.6) is 0 Å². The van der Waals surface area contributed by atoms with E-state index in [0.29, 0.717) is 6.42 Å². The molecule has 0 saturated heterocycles. The molecule has 0 amide bonds. The van der Waals surface area contributed by atoms with Gasteiger partial charge in [-0.2, -0.15) is 0 Å². The first-order valence-corrected chi connectivity index (χ1v) is 9.31. The van der Waals surface area contributed by atoms with Crippen molar-refractivity contribution in [2.75, 3.05) is 6.61 Å². The van der Waals surface area contributed by atoms with Crippen LogP contribution in [-0.2, 0) is 17.6 Å². The van der Waals surface area contributed by atoms with Crippen LogP contribution in [0.25, 0.3) is 32.8 Å². The second-order valence-corrected chi connectivity index (χ2v) is 6.98. The molecule has 0 fully saturated rings. The number of fused-ring (bicyclic) bond motifs is 2. The highest BCUT2D eigenvalue weighted by atomic mass is 16.4. The number of carbonyl (C=O) groups is 1. The molecule has 1 heterocycles. The van der Waals surface area contributed by atoms with E-state index in [4.69, 9.17) is 0 Å². The van der Waals surface area contributed by atoms with Crippen LogP contribution in [0.1, 0.15) is 16.7 Å². The van der Waals surface area contributed by atoms with Crippen molar-refractivity contribution in [2.24, 2.45) is 0 Å². The van der Waals surface area contributed by atoms with Gasteiger partial charge in [0.25, 0.3) is 0 Å². The molecular weight excluding hydrogens is 350 g/mol. The van der Waals surface area contributed by atoms with Crippen LogP contribution in [0.2, 0.25) is 0 Å². The zero-order valence-corrected chi connectivity index (χ0v) is 15.6. The molecule has 0 spiro atoms. The molecule has 0 atom stereocenters. The molecule has 3 aromatic carbocycles. The summed E-state index contributed by atoms with van der Waals surface area (Å²) in [5, 5.41) is 22.0. The summed E-state index contributed by atoms with van der Waals surface area (Å²) < 4.78 is 0. The second-order valence-electron chi connectivity index (χ2n) is 6.98. The number of hydrogen-bond donors (Lipinski definition) is 2. The highest BCUT2D eigenvalue weighted by molar-refractivity contribution is 6.07. The second kappa shape index (κ2) is 7.41. The molecule has 0 bridgehead atoms. The van der Waals surface area contributed by atoms with Crippen LogP contribution < -0.4 is 0 Å². The summed E-state index contributed by atoms with van der Waals surface area (Å²) in [7, 11) is 0. The largest absolute Gasteiger partial charge is 0.481 e. The molecule has 4 heteroatoms. The van der Waals surface area contributed by atoms with E-state index in [1.54, 1.807) is 6.20 Å². The van der Waals surface area contributed by atoms with Crippen LogP contribution in [0.4, 0.5) is 0 Å². The monoisotopic (exact) mass is 371 g/mol. The normalized spacial score (nSPS) is 11.2. The molecule has 0 radical (unpaired) electrons. The highest BCUT2D eigenvalue weighted by Crippen LogP contribution is 2.38. The predicted molar refractivity (Wildman–Crippen MR) is 112 cm³/mol. The van der Waals surface area contributed by atoms with Gasteiger partial charge >= 0.3 is 5.97 Å². The Kier molecular flexibility index (Phi) is 4.80. The average molecular weight is 371 g/mol. The van der Waals surface area contributed by atoms with Gasteiger partial charge < -0.3 is 10.2 Å². The van der Waals surface area contributed by atoms with E-state index in [2.05, 4.69) is 4.98 Å². The van der Waals surface area contributed by atoms with Crippen LogP contribution in [-0.4, -0.2) is 27.8 Å². The standard InChI is InChI=1S/C24H21NO3/c1-15-13-17-5-2-3-6-18(17)23(21(15)14-22(27)28)20-8-4-7-19-16(10-12-26)9-11-25-24(19)20/h2-9,11,13,26H,10,12,14H2,1H3,(H,27,28). The van der Waals surface area contributed by atoms with Gasteiger partial charge in [0.15, 0.2) is 0 Å². The Morgan fingerprint density at radius 1 is 1.04 bits per heavy atom. The van der Waals surface area contributed by atoms with E-state index in [1.165, 1.54) is 0 Å². The summed E-state index contributed by atoms with van der Waals surface area (Å²) in [5.74, 6) is -0.853. The number of para-hydroxylation sites is 1. The third-order valence-corrected chi connectivity index (χ3v) is 5.22. The fourth-order valence-electron chi connectivity index (χ4n) is 3.99. The number of aliphatic hydroxyl groups is 1. The van der Waals surface area contributed by atoms with Gasteiger partial charge in [-0.1, -0.05) is 48.5 Å². The quantitative estimate of drug-likeness (QED) is 0.541. The number of aromatic nitrogens is 1. The number of hydrogen-bond acceptors (Lipinski definition) is 3. The maximum Gasteiger partial charge on any atom is 0.307 e. The van der Waals surface area contributed by atoms with Crippen molar-refractivity contribution in [3.63, 3.8) is 0 Å². The fraction of sp³-hybridized carbons (Fsp3) is 0.167. The smallest absolute Gasteiger partial charge is 0.307 e. The third-order valence-electron chi connectivity index (χ3n) is 5.22. The summed E-state index contributed by atoms with van der Waals surface area (Å²) in [4.78, 5) is 16.2. The molecule has 0 saturated carbocycles. The third kappa shape index (κ3) is 3.12. The molecule has 4 nitrogen and oxygen atoms in total. The number of carboxylic acids is 1. The van der Waals surface area contributed by atoms with Crippen LogP contribution in [0.3, 0.4) is 0 Å². The lowest BCUT2D eigenvalue weighted by atomic mass is 9.87. The van der Waals surface area contributed by atoms with Crippen molar-refractivity contribution >= 4 is 27.6 Å². The number of benzene rings is 3. The van der Waals surface area contributed by atoms with Gasteiger partial charge in [-0.05, 0) is 52.4 Å². The topological polar surface area (TPSA) is 70.4 Å². The molecule has 0 unspecified atom stereocenters. The number of pyridine rings is 1. The Morgan fingerprint density at radius 2 is 1.82 bits per heavy atom. The number of rotatable bonds is 5. The van der Waals surface area contributed by atoms with E-state index in [0.717, 1.165) is 49.5 Å². The minimum Gasteiger partial charge on any atom is -0.481 e. The molecular formula is C24H21NO3. The predicted octanol–water partition coefficient (Wildman–Crippen LogP) is 4.53. The van der Waals surface area contributed by atoms with Gasteiger partial charge in [-0.15, -0.1) is 0 Å². The summed E-state index contributed by atoms with van der Waals surface area (Å²) in [5.41, 5.74) is 5.49. The van der Waals surface area contributed by atoms with E-state index in [9.17, 15) is 15.0 Å². The Morgan fingerprint density at radius 3 is 2.61 bits per heavy atom. The molecule has 28 heavy (non-hydrogen) atoms. The van der Waals surface area contributed by atoms with Crippen molar-refractivity contribution < 1.29 is 15.0 Å². The molecule has 2 N–H and O–H groups in total. The van der Waals surface area contributed by atoms with E-state index in [-0.39, 0.29) is 13.0 Å². The maximum atomic E-state index is 11.6. The van der Waals surface area contributed by atoms with Gasteiger partial charge in [0.1, 0.15) is 0 Å². The first-order valence-electron chi connectivity index (χ1n) is 9.31. The average Bonchev–Trinajstić information content (AvgIpc) is 2.68. The van der Waals surface area contributed by atoms with Gasteiger partial charge in [0, 0.05) is 23.8 Å². The zero-order chi connectivity index (χ0) is 19.7. The number of aliphatic carboxylic acids is 1. The minimum absolute atomic E-state index is 0.0429. The Labute approximate surface area is 163 Å². The minimum atomic E-state index is -0.853. The SMILES string of the molecule is Cc1cc2ccccc2c(-c2cccc3c(CCO)ccnc23)c1CC(=O)O. The lowest BCUT2D eigenvalue weighted by molar-refractivity contribution is -0.136. The molecule has 4 rings (SSSR count). The fourth-order valence-corrected chi connectivity index (χ4v) is 3.99. The first-order chi connectivity index (χ1) is 13.6. The number of aryl methyl sites for hydroxylation is 1. The summed E-state index contributed by atoms with van der Waals surface area (Å²) in [6.07, 6.45) is 2.27. The van der Waals surface area contributed by atoms with Crippen molar-refractivity contribution in [3.05, 3.63) is 77.5 Å². The number of carboxylic acid groups (broad SMARTS) is 1. The lowest BCUT2D eigenvalue weighted by Crippen LogP contribution is -2.05. The molecule has 0 aliphatic heterocycles. The molecule has 4 aromatic rings. The number of nitrogens with zero attached hydrogens (tertiary/aromatic N) is 1.